The molecule has 5 atom stereocenters. The number of halogens is 3. The normalized spacial score (nSPS) is 26.0. The Morgan fingerprint density at radius 2 is 1.58 bits per heavy atom. The van der Waals surface area contributed by atoms with E-state index in [4.69, 9.17) is 4.74 Å². The van der Waals surface area contributed by atoms with Crippen molar-refractivity contribution in [2.24, 2.45) is 11.8 Å². The average Bonchev–Trinajstić information content (AvgIpc) is 3.81. The second-order valence-corrected chi connectivity index (χ2v) is 12.0. The Labute approximate surface area is 252 Å². The minimum atomic E-state index is -0.971. The third-order valence-corrected chi connectivity index (χ3v) is 8.51. The number of fused-ring (bicyclic) bond motifs is 1. The topological polar surface area (TPSA) is 79.5 Å². The summed E-state index contributed by atoms with van der Waals surface area (Å²) >= 11 is 0. The number of ether oxygens (including phenoxy) is 1. The van der Waals surface area contributed by atoms with Crippen molar-refractivity contribution in [1.29, 1.82) is 0 Å². The van der Waals surface area contributed by atoms with Crippen LogP contribution in [0.25, 0.3) is 0 Å². The van der Waals surface area contributed by atoms with Crippen LogP contribution in [-0.4, -0.2) is 43.1 Å². The second-order valence-electron chi connectivity index (χ2n) is 12.0. The molecule has 43 heavy (non-hydrogen) atoms. The molecule has 2 amide bonds. The van der Waals surface area contributed by atoms with Gasteiger partial charge < -0.3 is 20.7 Å². The minimum Gasteiger partial charge on any atom is -0.489 e. The molecular formula is C34H44F3N3O3. The van der Waals surface area contributed by atoms with E-state index in [9.17, 15) is 22.8 Å². The van der Waals surface area contributed by atoms with Crippen LogP contribution in [0.4, 0.5) is 13.2 Å². The van der Waals surface area contributed by atoms with Crippen LogP contribution in [0.5, 0.6) is 5.75 Å². The molecule has 1 unspecified atom stereocenters. The van der Waals surface area contributed by atoms with Crippen molar-refractivity contribution in [2.45, 2.75) is 90.8 Å². The van der Waals surface area contributed by atoms with E-state index in [0.717, 1.165) is 43.4 Å². The van der Waals surface area contributed by atoms with Gasteiger partial charge in [0.05, 0.1) is 0 Å². The molecule has 0 bridgehead atoms. The third kappa shape index (κ3) is 8.85. The monoisotopic (exact) mass is 599 g/mol. The Bertz CT molecular complexity index is 1310. The average molecular weight is 600 g/mol. The van der Waals surface area contributed by atoms with Crippen LogP contribution in [0.3, 0.4) is 0 Å². The Morgan fingerprint density at radius 1 is 0.884 bits per heavy atom. The highest BCUT2D eigenvalue weighted by Gasteiger charge is 2.34. The van der Waals surface area contributed by atoms with Crippen molar-refractivity contribution >= 4 is 11.8 Å². The Kier molecular flexibility index (Phi) is 11.3. The predicted octanol–water partition coefficient (Wildman–Crippen LogP) is 5.78. The third-order valence-electron chi connectivity index (χ3n) is 8.51. The van der Waals surface area contributed by atoms with E-state index in [1.54, 1.807) is 12.1 Å². The summed E-state index contributed by atoms with van der Waals surface area (Å²) in [6.07, 6.45) is 4.47. The number of hydrogen-bond acceptors (Lipinski definition) is 4. The first kappa shape index (κ1) is 32.6. The number of carbonyl (C=O) groups excluding carboxylic acids is 2. The van der Waals surface area contributed by atoms with Crippen LogP contribution >= 0.6 is 0 Å². The van der Waals surface area contributed by atoms with Gasteiger partial charge in [0.2, 0.25) is 11.8 Å². The van der Waals surface area contributed by atoms with Gasteiger partial charge in [-0.2, -0.15) is 0 Å². The molecule has 0 spiro atoms. The lowest BCUT2D eigenvalue weighted by Crippen LogP contribution is -2.50. The molecule has 9 heteroatoms. The van der Waals surface area contributed by atoms with Crippen LogP contribution < -0.4 is 20.7 Å². The van der Waals surface area contributed by atoms with Gasteiger partial charge in [0.25, 0.3) is 0 Å². The van der Waals surface area contributed by atoms with Gasteiger partial charge in [0.15, 0.2) is 11.6 Å². The van der Waals surface area contributed by atoms with E-state index in [-0.39, 0.29) is 54.4 Å². The molecule has 1 fully saturated rings. The molecule has 234 valence electrons. The number of nitrogens with one attached hydrogen (secondary N) is 3. The van der Waals surface area contributed by atoms with Gasteiger partial charge in [0, 0.05) is 37.5 Å². The quantitative estimate of drug-likeness (QED) is 0.390. The maximum absolute atomic E-state index is 14.2. The van der Waals surface area contributed by atoms with Gasteiger partial charge in [-0.1, -0.05) is 50.5 Å². The van der Waals surface area contributed by atoms with E-state index >= 15 is 0 Å². The standard InChI is InChI=1S/C34H44F3N3O3/c1-5-7-29-32(24-11-12-24)21(3)22(4)33(41)40-30(16-23-9-13-26(35)14-10-23)34(42)38-15-6-8-25-17-27(36)28(37)18-31(25)43-20(2)19-39-29/h9-10,13-14,17-18,20-22,29-30,39H,5-8,11-12,15-16,19H2,1-4H3,(H,38,42)(H,40,41)/t20-,21?,22+,29+,30-/m1/s1. The zero-order chi connectivity index (χ0) is 31.1. The number of carbonyl (C=O) groups is 2. The number of amides is 2. The van der Waals surface area contributed by atoms with Crippen molar-refractivity contribution in [2.75, 3.05) is 13.1 Å². The van der Waals surface area contributed by atoms with Crippen LogP contribution in [0.2, 0.25) is 0 Å². The number of hydrogen-bond donors (Lipinski definition) is 3. The largest absolute Gasteiger partial charge is 0.489 e. The fourth-order valence-electron chi connectivity index (χ4n) is 5.81. The summed E-state index contributed by atoms with van der Waals surface area (Å²) in [6, 6.07) is 7.29. The lowest BCUT2D eigenvalue weighted by Gasteiger charge is -2.31. The lowest BCUT2D eigenvalue weighted by molar-refractivity contribution is -0.131. The van der Waals surface area contributed by atoms with Gasteiger partial charge in [-0.15, -0.1) is 0 Å². The van der Waals surface area contributed by atoms with Gasteiger partial charge in [-0.25, -0.2) is 13.2 Å². The molecular weight excluding hydrogens is 555 g/mol. The second kappa shape index (κ2) is 14.9. The van der Waals surface area contributed by atoms with Crippen LogP contribution in [0.15, 0.2) is 47.5 Å². The maximum Gasteiger partial charge on any atom is 0.242 e. The van der Waals surface area contributed by atoms with Gasteiger partial charge >= 0.3 is 0 Å². The number of benzene rings is 2. The summed E-state index contributed by atoms with van der Waals surface area (Å²) in [4.78, 5) is 27.0. The SMILES string of the molecule is CCC[C@@H]1NC[C@@H](C)Oc2cc(F)c(F)cc2CCCNC(=O)[C@@H](Cc2ccc(F)cc2)NC(=O)[C@@H](C)C(C)C1=C1CC1. The van der Waals surface area contributed by atoms with E-state index in [2.05, 4.69) is 29.8 Å². The number of allylic oxidation sites excluding steroid dienone is 1. The van der Waals surface area contributed by atoms with Crippen molar-refractivity contribution in [3.63, 3.8) is 0 Å². The summed E-state index contributed by atoms with van der Waals surface area (Å²) in [5, 5.41) is 9.51. The number of aryl methyl sites for hydroxylation is 1. The highest BCUT2D eigenvalue weighted by molar-refractivity contribution is 5.88. The van der Waals surface area contributed by atoms with Crippen LogP contribution in [0, 0.1) is 29.3 Å². The summed E-state index contributed by atoms with van der Waals surface area (Å²) in [7, 11) is 0. The van der Waals surface area contributed by atoms with Gasteiger partial charge in [-0.05, 0) is 74.3 Å². The molecule has 6 nitrogen and oxygen atoms in total. The van der Waals surface area contributed by atoms with Crippen LogP contribution in [0.1, 0.15) is 70.9 Å². The van der Waals surface area contributed by atoms with Crippen LogP contribution in [-0.2, 0) is 22.4 Å². The fourth-order valence-corrected chi connectivity index (χ4v) is 5.81. The number of rotatable bonds is 4. The van der Waals surface area contributed by atoms with E-state index in [1.165, 1.54) is 23.3 Å². The summed E-state index contributed by atoms with van der Waals surface area (Å²) in [5.41, 5.74) is 3.82. The van der Waals surface area contributed by atoms with Crippen molar-refractivity contribution in [3.05, 3.63) is 76.1 Å². The molecule has 1 heterocycles. The fraction of sp³-hybridized carbons (Fsp3) is 0.529. The molecule has 2 aliphatic rings. The molecule has 3 N–H and O–H groups in total. The molecule has 2 aromatic carbocycles. The summed E-state index contributed by atoms with van der Waals surface area (Å²) in [6.45, 7) is 8.72. The minimum absolute atomic E-state index is 0.0282. The molecule has 1 aliphatic carbocycles. The Morgan fingerprint density at radius 3 is 2.26 bits per heavy atom. The van der Waals surface area contributed by atoms with E-state index in [0.29, 0.717) is 24.9 Å². The molecule has 2 aromatic rings. The summed E-state index contributed by atoms with van der Waals surface area (Å²) in [5.74, 6) is -3.07. The Balaban J connectivity index is 1.64. The predicted molar refractivity (Wildman–Crippen MR) is 161 cm³/mol. The molecule has 4 rings (SSSR count). The maximum atomic E-state index is 14.2. The first-order chi connectivity index (χ1) is 20.6. The van der Waals surface area contributed by atoms with Gasteiger partial charge in [-0.3, -0.25) is 9.59 Å². The van der Waals surface area contributed by atoms with E-state index in [1.807, 2.05) is 13.8 Å². The van der Waals surface area contributed by atoms with Gasteiger partial charge in [0.1, 0.15) is 23.7 Å². The highest BCUT2D eigenvalue weighted by atomic mass is 19.2. The molecule has 0 aromatic heterocycles. The zero-order valence-corrected chi connectivity index (χ0v) is 25.6. The first-order valence-electron chi connectivity index (χ1n) is 15.5. The summed E-state index contributed by atoms with van der Waals surface area (Å²) < 4.78 is 48.1. The molecule has 0 radical (unpaired) electrons. The van der Waals surface area contributed by atoms with Crippen molar-refractivity contribution in [3.8, 4) is 5.75 Å². The molecule has 1 saturated carbocycles. The highest BCUT2D eigenvalue weighted by Crippen LogP contribution is 2.40. The van der Waals surface area contributed by atoms with E-state index < -0.39 is 23.6 Å². The zero-order valence-electron chi connectivity index (χ0n) is 25.6. The lowest BCUT2D eigenvalue weighted by atomic mass is 9.81. The first-order valence-corrected chi connectivity index (χ1v) is 15.5. The van der Waals surface area contributed by atoms with Crippen molar-refractivity contribution < 1.29 is 27.5 Å². The molecule has 0 saturated heterocycles. The van der Waals surface area contributed by atoms with Crippen molar-refractivity contribution in [1.82, 2.24) is 16.0 Å². The molecule has 1 aliphatic heterocycles. The smallest absolute Gasteiger partial charge is 0.242 e. The Hall–Kier alpha value is -3.33.